The molecular weight excluding hydrogens is 268 g/mol. The molecule has 0 aliphatic carbocycles. The molecule has 0 unspecified atom stereocenters. The Balaban J connectivity index is 2.52. The summed E-state index contributed by atoms with van der Waals surface area (Å²) in [5, 5.41) is 4.45. The van der Waals surface area contributed by atoms with E-state index in [4.69, 9.17) is 0 Å². The van der Waals surface area contributed by atoms with E-state index in [0.717, 1.165) is 16.7 Å². The third-order valence-corrected chi connectivity index (χ3v) is 2.87. The number of rotatable bonds is 3. The molecule has 1 aromatic heterocycles. The molecule has 82 valence electrons. The molecule has 3 nitrogen and oxygen atoms in total. The van der Waals surface area contributed by atoms with Crippen molar-refractivity contribution in [1.29, 1.82) is 0 Å². The van der Waals surface area contributed by atoms with Crippen molar-refractivity contribution in [3.8, 4) is 11.1 Å². The van der Waals surface area contributed by atoms with Gasteiger partial charge in [0.25, 0.3) is 0 Å². The van der Waals surface area contributed by atoms with Gasteiger partial charge in [0.1, 0.15) is 0 Å². The van der Waals surface area contributed by atoms with E-state index in [-0.39, 0.29) is 5.78 Å². The molecule has 1 heterocycles. The van der Waals surface area contributed by atoms with Crippen LogP contribution in [0.4, 0.5) is 0 Å². The van der Waals surface area contributed by atoms with Gasteiger partial charge in [-0.3, -0.25) is 9.48 Å². The van der Waals surface area contributed by atoms with Crippen LogP contribution in [0.5, 0.6) is 0 Å². The fourth-order valence-corrected chi connectivity index (χ4v) is 1.91. The topological polar surface area (TPSA) is 34.9 Å². The number of halogens is 1. The van der Waals surface area contributed by atoms with Crippen LogP contribution >= 0.6 is 15.9 Å². The highest BCUT2D eigenvalue weighted by Gasteiger charge is 2.11. The molecule has 2 aromatic rings. The van der Waals surface area contributed by atoms with E-state index in [9.17, 15) is 4.79 Å². The van der Waals surface area contributed by atoms with Gasteiger partial charge in [-0.2, -0.15) is 5.10 Å². The second kappa shape index (κ2) is 4.61. The minimum Gasteiger partial charge on any atom is -0.293 e. The van der Waals surface area contributed by atoms with Crippen molar-refractivity contribution >= 4 is 21.7 Å². The number of hydrogen-bond donors (Lipinski definition) is 0. The predicted molar refractivity (Wildman–Crippen MR) is 66.8 cm³/mol. The summed E-state index contributed by atoms with van der Waals surface area (Å²) in [7, 11) is 1.86. The highest BCUT2D eigenvalue weighted by molar-refractivity contribution is 9.09. The first-order valence-electron chi connectivity index (χ1n) is 4.89. The summed E-state index contributed by atoms with van der Waals surface area (Å²) in [4.78, 5) is 11.7. The summed E-state index contributed by atoms with van der Waals surface area (Å²) in [6.45, 7) is 0. The first-order valence-corrected chi connectivity index (χ1v) is 6.01. The second-order valence-electron chi connectivity index (χ2n) is 3.51. The van der Waals surface area contributed by atoms with E-state index in [2.05, 4.69) is 21.0 Å². The van der Waals surface area contributed by atoms with Gasteiger partial charge in [0, 0.05) is 24.4 Å². The third-order valence-electron chi connectivity index (χ3n) is 2.36. The van der Waals surface area contributed by atoms with Gasteiger partial charge in [0.2, 0.25) is 0 Å². The van der Waals surface area contributed by atoms with E-state index in [1.807, 2.05) is 37.5 Å². The summed E-state index contributed by atoms with van der Waals surface area (Å²) in [5.74, 6) is 0.0828. The van der Waals surface area contributed by atoms with Crippen molar-refractivity contribution in [2.24, 2.45) is 7.05 Å². The molecule has 0 aliphatic rings. The van der Waals surface area contributed by atoms with Crippen molar-refractivity contribution in [2.45, 2.75) is 0 Å². The fraction of sp³-hybridized carbons (Fsp3) is 0.167. The maximum absolute atomic E-state index is 11.7. The summed E-state index contributed by atoms with van der Waals surface area (Å²) < 4.78 is 1.73. The molecule has 0 saturated carbocycles. The van der Waals surface area contributed by atoms with Gasteiger partial charge < -0.3 is 0 Å². The lowest BCUT2D eigenvalue weighted by Crippen LogP contribution is -2.01. The Hall–Kier alpha value is -1.42. The quantitative estimate of drug-likeness (QED) is 0.639. The van der Waals surface area contributed by atoms with Crippen LogP contribution in [0, 0.1) is 0 Å². The Morgan fingerprint density at radius 2 is 2.19 bits per heavy atom. The molecule has 4 heteroatoms. The molecule has 0 radical (unpaired) electrons. The number of Topliss-reactive ketones (excluding diaryl/α,β-unsaturated/α-hetero) is 1. The van der Waals surface area contributed by atoms with Crippen LogP contribution in [0.3, 0.4) is 0 Å². The number of benzene rings is 1. The summed E-state index contributed by atoms with van der Waals surface area (Å²) in [5.41, 5.74) is 2.62. The number of aryl methyl sites for hydroxylation is 1. The summed E-state index contributed by atoms with van der Waals surface area (Å²) in [6.07, 6.45) is 3.67. The zero-order chi connectivity index (χ0) is 11.5. The zero-order valence-corrected chi connectivity index (χ0v) is 10.4. The van der Waals surface area contributed by atoms with Gasteiger partial charge in [-0.05, 0) is 5.56 Å². The minimum atomic E-state index is 0.0828. The first-order chi connectivity index (χ1) is 7.72. The van der Waals surface area contributed by atoms with E-state index in [1.54, 1.807) is 10.9 Å². The van der Waals surface area contributed by atoms with Crippen LogP contribution in [-0.4, -0.2) is 20.9 Å². The molecule has 0 aliphatic heterocycles. The molecule has 2 rings (SSSR count). The van der Waals surface area contributed by atoms with Crippen molar-refractivity contribution < 1.29 is 4.79 Å². The molecule has 16 heavy (non-hydrogen) atoms. The third kappa shape index (κ3) is 2.07. The van der Waals surface area contributed by atoms with Gasteiger partial charge in [0.05, 0.1) is 11.5 Å². The van der Waals surface area contributed by atoms with Crippen molar-refractivity contribution in [3.05, 3.63) is 42.2 Å². The lowest BCUT2D eigenvalue weighted by molar-refractivity contribution is 0.102. The molecule has 0 saturated heterocycles. The van der Waals surface area contributed by atoms with Crippen LogP contribution in [0.2, 0.25) is 0 Å². The summed E-state index contributed by atoms with van der Waals surface area (Å²) in [6, 6.07) is 7.57. The monoisotopic (exact) mass is 278 g/mol. The average molecular weight is 279 g/mol. The van der Waals surface area contributed by atoms with Crippen molar-refractivity contribution in [3.63, 3.8) is 0 Å². The Labute approximate surface area is 102 Å². The zero-order valence-electron chi connectivity index (χ0n) is 8.85. The minimum absolute atomic E-state index is 0.0828. The number of carbonyl (C=O) groups excluding carboxylic acids is 1. The van der Waals surface area contributed by atoms with Gasteiger partial charge in [-0.15, -0.1) is 0 Å². The van der Waals surface area contributed by atoms with Crippen LogP contribution in [0.25, 0.3) is 11.1 Å². The number of ketones is 1. The normalized spacial score (nSPS) is 10.4. The number of hydrogen-bond acceptors (Lipinski definition) is 2. The van der Waals surface area contributed by atoms with Gasteiger partial charge >= 0.3 is 0 Å². The van der Waals surface area contributed by atoms with Crippen LogP contribution in [-0.2, 0) is 7.05 Å². The Kier molecular flexibility index (Phi) is 3.19. The van der Waals surface area contributed by atoms with Gasteiger partial charge in [-0.1, -0.05) is 40.2 Å². The fourth-order valence-electron chi connectivity index (χ4n) is 1.61. The Bertz CT molecular complexity index is 519. The highest BCUT2D eigenvalue weighted by Crippen LogP contribution is 2.23. The predicted octanol–water partition coefficient (Wildman–Crippen LogP) is 2.66. The van der Waals surface area contributed by atoms with Crippen molar-refractivity contribution in [1.82, 2.24) is 9.78 Å². The molecule has 0 N–H and O–H groups in total. The molecule has 1 aromatic carbocycles. The van der Waals surface area contributed by atoms with Crippen LogP contribution in [0.15, 0.2) is 36.7 Å². The number of nitrogens with zero attached hydrogens (tertiary/aromatic N) is 2. The second-order valence-corrected chi connectivity index (χ2v) is 4.07. The molecular formula is C12H11BrN2O. The molecule has 0 spiro atoms. The highest BCUT2D eigenvalue weighted by atomic mass is 79.9. The van der Waals surface area contributed by atoms with E-state index in [0.29, 0.717) is 5.33 Å². The summed E-state index contributed by atoms with van der Waals surface area (Å²) >= 11 is 3.19. The average Bonchev–Trinajstić information content (AvgIpc) is 2.75. The smallest absolute Gasteiger partial charge is 0.173 e. The Morgan fingerprint density at radius 3 is 2.81 bits per heavy atom. The van der Waals surface area contributed by atoms with Crippen LogP contribution in [0.1, 0.15) is 10.4 Å². The molecule has 0 amide bonds. The van der Waals surface area contributed by atoms with Crippen LogP contribution < -0.4 is 0 Å². The maximum atomic E-state index is 11.7. The van der Waals surface area contributed by atoms with E-state index in [1.165, 1.54) is 0 Å². The van der Waals surface area contributed by atoms with Crippen molar-refractivity contribution in [2.75, 3.05) is 5.33 Å². The molecule has 0 fully saturated rings. The SMILES string of the molecule is Cn1cc(-c2ccccc2C(=O)CBr)cn1. The van der Waals surface area contributed by atoms with Gasteiger partial charge in [-0.25, -0.2) is 0 Å². The number of carbonyl (C=O) groups is 1. The molecule has 0 bridgehead atoms. The Morgan fingerprint density at radius 1 is 1.44 bits per heavy atom. The van der Waals surface area contributed by atoms with E-state index < -0.39 is 0 Å². The lowest BCUT2D eigenvalue weighted by atomic mass is 10.0. The standard InChI is InChI=1S/C12H11BrN2O/c1-15-8-9(7-14-15)10-4-2-3-5-11(10)12(16)6-13/h2-5,7-8H,6H2,1H3. The van der Waals surface area contributed by atoms with E-state index >= 15 is 0 Å². The maximum Gasteiger partial charge on any atom is 0.173 e. The molecule has 0 atom stereocenters. The largest absolute Gasteiger partial charge is 0.293 e. The number of alkyl halides is 1. The first kappa shape index (κ1) is 11.1. The lowest BCUT2D eigenvalue weighted by Gasteiger charge is -2.04. The number of aromatic nitrogens is 2. The van der Waals surface area contributed by atoms with Gasteiger partial charge in [0.15, 0.2) is 5.78 Å².